The first-order valence-electron chi connectivity index (χ1n) is 7.67. The summed E-state index contributed by atoms with van der Waals surface area (Å²) in [6.07, 6.45) is 2.99. The largest absolute Gasteiger partial charge is 0.447 e. The van der Waals surface area contributed by atoms with Crippen LogP contribution in [0.2, 0.25) is 0 Å². The molecule has 1 aromatic heterocycles. The Morgan fingerprint density at radius 1 is 1.29 bits per heavy atom. The zero-order valence-corrected chi connectivity index (χ0v) is 14.0. The Kier molecular flexibility index (Phi) is 5.46. The summed E-state index contributed by atoms with van der Waals surface area (Å²) in [5.74, 6) is 1.37. The van der Waals surface area contributed by atoms with E-state index in [0.717, 1.165) is 25.8 Å². The minimum absolute atomic E-state index is 0.0802. The molecule has 6 heteroatoms. The van der Waals surface area contributed by atoms with Crippen molar-refractivity contribution < 1.29 is 12.8 Å². The Hall–Kier alpha value is -0.850. The predicted molar refractivity (Wildman–Crippen MR) is 82.5 cm³/mol. The van der Waals surface area contributed by atoms with E-state index in [1.165, 1.54) is 4.31 Å². The molecule has 0 spiro atoms. The van der Waals surface area contributed by atoms with Crippen LogP contribution in [0.1, 0.15) is 38.9 Å². The van der Waals surface area contributed by atoms with E-state index in [1.54, 1.807) is 12.1 Å². The Morgan fingerprint density at radius 2 is 1.95 bits per heavy atom. The molecular formula is C15H26N2O3S. The topological polar surface area (TPSA) is 53.8 Å². The number of furan rings is 1. The molecule has 1 saturated heterocycles. The third-order valence-electron chi connectivity index (χ3n) is 3.81. The maximum absolute atomic E-state index is 12.4. The minimum atomic E-state index is -3.43. The van der Waals surface area contributed by atoms with Gasteiger partial charge in [0, 0.05) is 13.1 Å². The molecule has 120 valence electrons. The highest BCUT2D eigenvalue weighted by Crippen LogP contribution is 2.23. The summed E-state index contributed by atoms with van der Waals surface area (Å²) in [7, 11) is -1.40. The molecule has 0 aromatic carbocycles. The van der Waals surface area contributed by atoms with Gasteiger partial charge in [0.1, 0.15) is 5.76 Å². The summed E-state index contributed by atoms with van der Waals surface area (Å²) in [6.45, 7) is 7.22. The van der Waals surface area contributed by atoms with Crippen LogP contribution < -0.4 is 0 Å². The van der Waals surface area contributed by atoms with E-state index in [0.29, 0.717) is 31.3 Å². The fraction of sp³-hybridized carbons (Fsp3) is 0.733. The van der Waals surface area contributed by atoms with E-state index in [4.69, 9.17) is 4.42 Å². The van der Waals surface area contributed by atoms with Crippen molar-refractivity contribution in [2.75, 3.05) is 26.7 Å². The van der Waals surface area contributed by atoms with Crippen molar-refractivity contribution in [3.63, 3.8) is 0 Å². The molecule has 1 aromatic rings. The molecule has 0 atom stereocenters. The second-order valence-corrected chi connectivity index (χ2v) is 8.12. The van der Waals surface area contributed by atoms with Gasteiger partial charge in [-0.1, -0.05) is 13.8 Å². The second kappa shape index (κ2) is 6.94. The van der Waals surface area contributed by atoms with E-state index < -0.39 is 10.0 Å². The first-order chi connectivity index (χ1) is 9.89. The first kappa shape index (κ1) is 16.5. The predicted octanol–water partition coefficient (Wildman–Crippen LogP) is 2.54. The van der Waals surface area contributed by atoms with Crippen molar-refractivity contribution in [2.24, 2.45) is 5.92 Å². The Balaban J connectivity index is 1.97. The zero-order valence-electron chi connectivity index (χ0n) is 13.2. The molecule has 0 bridgehead atoms. The summed E-state index contributed by atoms with van der Waals surface area (Å²) in [5.41, 5.74) is 0. The quantitative estimate of drug-likeness (QED) is 0.776. The van der Waals surface area contributed by atoms with Crippen molar-refractivity contribution in [3.05, 3.63) is 17.9 Å². The van der Waals surface area contributed by atoms with Gasteiger partial charge < -0.3 is 4.42 Å². The van der Waals surface area contributed by atoms with Crippen molar-refractivity contribution in [1.29, 1.82) is 0 Å². The van der Waals surface area contributed by atoms with Crippen LogP contribution in [-0.4, -0.2) is 44.3 Å². The fourth-order valence-corrected chi connectivity index (χ4v) is 3.91. The van der Waals surface area contributed by atoms with Crippen LogP contribution in [0.4, 0.5) is 0 Å². The van der Waals surface area contributed by atoms with Gasteiger partial charge in [0.2, 0.25) is 5.09 Å². The third-order valence-corrected chi connectivity index (χ3v) is 5.58. The fourth-order valence-electron chi connectivity index (χ4n) is 2.46. The lowest BCUT2D eigenvalue weighted by atomic mass is 10.1. The van der Waals surface area contributed by atoms with E-state index in [1.807, 2.05) is 7.05 Å². The molecular weight excluding hydrogens is 288 g/mol. The average Bonchev–Trinajstić information content (AvgIpc) is 3.07. The summed E-state index contributed by atoms with van der Waals surface area (Å²) in [4.78, 5) is 2.16. The van der Waals surface area contributed by atoms with Crippen molar-refractivity contribution in [1.82, 2.24) is 9.21 Å². The molecule has 2 rings (SSSR count). The molecule has 0 aliphatic carbocycles. The monoisotopic (exact) mass is 314 g/mol. The van der Waals surface area contributed by atoms with Crippen molar-refractivity contribution >= 4 is 10.0 Å². The summed E-state index contributed by atoms with van der Waals surface area (Å²) >= 11 is 0. The average molecular weight is 314 g/mol. The standard InChI is InChI=1S/C15H26N2O3S/c1-13(2)8-11-16(3)12-14-6-7-15(20-14)21(18,19)17-9-4-5-10-17/h6-7,13H,4-5,8-12H2,1-3H3. The van der Waals surface area contributed by atoms with Gasteiger partial charge in [-0.05, 0) is 50.9 Å². The second-order valence-electron chi connectivity index (χ2n) is 6.25. The van der Waals surface area contributed by atoms with Crippen LogP contribution >= 0.6 is 0 Å². The highest BCUT2D eigenvalue weighted by molar-refractivity contribution is 7.89. The maximum Gasteiger partial charge on any atom is 0.276 e. The number of sulfonamides is 1. The molecule has 1 aliphatic rings. The van der Waals surface area contributed by atoms with Crippen LogP contribution in [0.3, 0.4) is 0 Å². The first-order valence-corrected chi connectivity index (χ1v) is 9.11. The molecule has 0 N–H and O–H groups in total. The molecule has 2 heterocycles. The zero-order chi connectivity index (χ0) is 15.5. The Bertz CT molecular complexity index is 545. The number of hydrogen-bond acceptors (Lipinski definition) is 4. The van der Waals surface area contributed by atoms with E-state index in [9.17, 15) is 8.42 Å². The molecule has 0 radical (unpaired) electrons. The Labute approximate surface area is 128 Å². The van der Waals surface area contributed by atoms with Gasteiger partial charge in [-0.25, -0.2) is 8.42 Å². The van der Waals surface area contributed by atoms with Crippen LogP contribution in [-0.2, 0) is 16.6 Å². The van der Waals surface area contributed by atoms with Gasteiger partial charge >= 0.3 is 0 Å². The number of rotatable bonds is 7. The maximum atomic E-state index is 12.4. The summed E-state index contributed by atoms with van der Waals surface area (Å²) < 4.78 is 31.8. The molecule has 1 aliphatic heterocycles. The van der Waals surface area contributed by atoms with Crippen LogP contribution in [0.5, 0.6) is 0 Å². The third kappa shape index (κ3) is 4.31. The molecule has 21 heavy (non-hydrogen) atoms. The molecule has 5 nitrogen and oxygen atoms in total. The lowest BCUT2D eigenvalue weighted by Crippen LogP contribution is -2.27. The number of hydrogen-bond donors (Lipinski definition) is 0. The van der Waals surface area contributed by atoms with Crippen molar-refractivity contribution in [2.45, 2.75) is 44.7 Å². The smallest absolute Gasteiger partial charge is 0.276 e. The van der Waals surface area contributed by atoms with Crippen molar-refractivity contribution in [3.8, 4) is 0 Å². The van der Waals surface area contributed by atoms with E-state index in [-0.39, 0.29) is 5.09 Å². The molecule has 0 amide bonds. The van der Waals surface area contributed by atoms with Gasteiger partial charge in [0.15, 0.2) is 0 Å². The highest BCUT2D eigenvalue weighted by atomic mass is 32.2. The van der Waals surface area contributed by atoms with E-state index >= 15 is 0 Å². The molecule has 0 saturated carbocycles. The molecule has 1 fully saturated rings. The Morgan fingerprint density at radius 3 is 2.57 bits per heavy atom. The number of nitrogens with zero attached hydrogens (tertiary/aromatic N) is 2. The van der Waals surface area contributed by atoms with Crippen LogP contribution in [0, 0.1) is 5.92 Å². The van der Waals surface area contributed by atoms with Gasteiger partial charge in [0.05, 0.1) is 6.54 Å². The van der Waals surface area contributed by atoms with Gasteiger partial charge in [-0.2, -0.15) is 4.31 Å². The van der Waals surface area contributed by atoms with Gasteiger partial charge in [0.25, 0.3) is 10.0 Å². The van der Waals surface area contributed by atoms with Gasteiger partial charge in [-0.3, -0.25) is 4.90 Å². The highest BCUT2D eigenvalue weighted by Gasteiger charge is 2.29. The SMILES string of the molecule is CC(C)CCN(C)Cc1ccc(S(=O)(=O)N2CCCC2)o1. The molecule has 0 unspecified atom stereocenters. The lowest BCUT2D eigenvalue weighted by Gasteiger charge is -2.16. The van der Waals surface area contributed by atoms with Crippen LogP contribution in [0.15, 0.2) is 21.6 Å². The van der Waals surface area contributed by atoms with E-state index in [2.05, 4.69) is 18.7 Å². The van der Waals surface area contributed by atoms with Crippen LogP contribution in [0.25, 0.3) is 0 Å². The summed E-state index contributed by atoms with van der Waals surface area (Å²) in [5, 5.41) is 0.0802. The van der Waals surface area contributed by atoms with Gasteiger partial charge in [-0.15, -0.1) is 0 Å². The minimum Gasteiger partial charge on any atom is -0.447 e. The summed E-state index contributed by atoms with van der Waals surface area (Å²) in [6, 6.07) is 3.36. The lowest BCUT2D eigenvalue weighted by molar-refractivity contribution is 0.266. The normalized spacial score (nSPS) is 17.2.